The van der Waals surface area contributed by atoms with E-state index in [0.717, 1.165) is 18.3 Å². The van der Waals surface area contributed by atoms with Gasteiger partial charge in [0.15, 0.2) is 0 Å². The van der Waals surface area contributed by atoms with Crippen molar-refractivity contribution in [2.24, 2.45) is 0 Å². The largest absolute Gasteiger partial charge is 0.310 e. The Labute approximate surface area is 67.2 Å². The summed E-state index contributed by atoms with van der Waals surface area (Å²) in [4.78, 5) is 24.1. The number of pyridine rings is 1. The van der Waals surface area contributed by atoms with E-state index in [2.05, 4.69) is 4.98 Å². The fourth-order valence-corrected chi connectivity index (χ4v) is 0.641. The molecule has 1 amide bonds. The Balaban J connectivity index is 2.98. The van der Waals surface area contributed by atoms with Gasteiger partial charge in [-0.3, -0.25) is 15.3 Å². The third kappa shape index (κ3) is 1.63. The normalized spacial score (nSPS) is 9.42. The van der Waals surface area contributed by atoms with Crippen molar-refractivity contribution in [2.45, 2.75) is 0 Å². The molecule has 1 N–H and O–H groups in total. The van der Waals surface area contributed by atoms with Crippen LogP contribution < -0.4 is 5.73 Å². The molecule has 0 bridgehead atoms. The number of aromatic nitrogens is 1. The van der Waals surface area contributed by atoms with Gasteiger partial charge in [0.25, 0.3) is 5.78 Å². The first kappa shape index (κ1) is 8.32. The van der Waals surface area contributed by atoms with E-state index in [1.165, 1.54) is 0 Å². The quantitative estimate of drug-likeness (QED) is 0.359. The van der Waals surface area contributed by atoms with Crippen molar-refractivity contribution in [3.63, 3.8) is 0 Å². The first-order chi connectivity index (χ1) is 5.61. The van der Waals surface area contributed by atoms with E-state index < -0.39 is 17.6 Å². The predicted octanol–water partition coefficient (Wildman–Crippen LogP) is 0.213. The van der Waals surface area contributed by atoms with Gasteiger partial charge in [-0.05, 0) is 12.1 Å². The average molecular weight is 167 g/mol. The van der Waals surface area contributed by atoms with Gasteiger partial charge in [-0.2, -0.15) is 4.39 Å². The first-order valence-electron chi connectivity index (χ1n) is 3.03. The molecule has 1 heterocycles. The minimum atomic E-state index is -1.33. The topological polar surface area (TPSA) is 70.8 Å². The monoisotopic (exact) mass is 167 g/mol. The average Bonchev–Trinajstić information content (AvgIpc) is 2.04. The van der Waals surface area contributed by atoms with Crippen LogP contribution in [0.15, 0.2) is 18.3 Å². The van der Waals surface area contributed by atoms with Crippen LogP contribution in [0.5, 0.6) is 0 Å². The fourth-order valence-electron chi connectivity index (χ4n) is 0.641. The molecule has 0 aliphatic rings. The van der Waals surface area contributed by atoms with Crippen molar-refractivity contribution in [1.29, 1.82) is 0 Å². The fraction of sp³-hybridized carbons (Fsp3) is 0. The van der Waals surface area contributed by atoms with Gasteiger partial charge in [-0.15, -0.1) is 0 Å². The standard InChI is InChI=1S/C7H4FN2O2/c8-5-2-1-4(3-10-5)6(11)7(9)12/h1-3,9H. The highest BCUT2D eigenvalue weighted by atomic mass is 19.1. The minimum absolute atomic E-state index is 0.0728. The van der Waals surface area contributed by atoms with E-state index in [9.17, 15) is 14.0 Å². The number of hydrogen-bond donors (Lipinski definition) is 0. The molecule has 1 radical (unpaired) electrons. The summed E-state index contributed by atoms with van der Waals surface area (Å²) in [6, 6.07) is 2.06. The van der Waals surface area contributed by atoms with Gasteiger partial charge in [0.05, 0.1) is 0 Å². The molecule has 61 valence electrons. The lowest BCUT2D eigenvalue weighted by molar-refractivity contribution is -0.114. The summed E-state index contributed by atoms with van der Waals surface area (Å²) < 4.78 is 12.2. The molecule has 1 aromatic heterocycles. The van der Waals surface area contributed by atoms with Crippen LogP contribution in [-0.2, 0) is 4.79 Å². The number of carbonyl (C=O) groups excluding carboxylic acids is 2. The number of nitrogens with zero attached hydrogens (tertiary/aromatic N) is 1. The summed E-state index contributed by atoms with van der Waals surface area (Å²) in [5, 5.41) is 0. The lowest BCUT2D eigenvalue weighted by atomic mass is 10.2. The molecule has 1 rings (SSSR count). The zero-order valence-electron chi connectivity index (χ0n) is 5.87. The molecular weight excluding hydrogens is 163 g/mol. The van der Waals surface area contributed by atoms with Crippen LogP contribution in [0.25, 0.3) is 0 Å². The van der Waals surface area contributed by atoms with Crippen LogP contribution in [0.4, 0.5) is 4.39 Å². The Morgan fingerprint density at radius 1 is 1.42 bits per heavy atom. The Bertz CT molecular complexity index is 321. The molecule has 0 spiro atoms. The molecule has 5 heteroatoms. The molecular formula is C7H4FN2O2. The minimum Gasteiger partial charge on any atom is -0.283 e. The summed E-state index contributed by atoms with van der Waals surface area (Å²) in [6.45, 7) is 0. The van der Waals surface area contributed by atoms with Crippen LogP contribution in [0.2, 0.25) is 0 Å². The molecule has 0 saturated heterocycles. The second kappa shape index (κ2) is 3.08. The highest BCUT2D eigenvalue weighted by Gasteiger charge is 2.12. The van der Waals surface area contributed by atoms with E-state index in [0.29, 0.717) is 0 Å². The van der Waals surface area contributed by atoms with E-state index in [4.69, 9.17) is 5.73 Å². The van der Waals surface area contributed by atoms with Gasteiger partial charge in [0.1, 0.15) is 0 Å². The van der Waals surface area contributed by atoms with Gasteiger partial charge in [-0.25, -0.2) is 4.98 Å². The van der Waals surface area contributed by atoms with Gasteiger partial charge in [-0.1, -0.05) is 0 Å². The number of ketones is 1. The van der Waals surface area contributed by atoms with Gasteiger partial charge < -0.3 is 0 Å². The van der Waals surface area contributed by atoms with Crippen LogP contribution in [0.3, 0.4) is 0 Å². The van der Waals surface area contributed by atoms with Crippen molar-refractivity contribution in [2.75, 3.05) is 0 Å². The van der Waals surface area contributed by atoms with Crippen LogP contribution in [-0.4, -0.2) is 16.7 Å². The molecule has 4 nitrogen and oxygen atoms in total. The third-order valence-corrected chi connectivity index (χ3v) is 1.20. The van der Waals surface area contributed by atoms with Gasteiger partial charge >= 0.3 is 5.91 Å². The van der Waals surface area contributed by atoms with E-state index in [-0.39, 0.29) is 5.56 Å². The molecule has 0 unspecified atom stereocenters. The van der Waals surface area contributed by atoms with Crippen LogP contribution >= 0.6 is 0 Å². The van der Waals surface area contributed by atoms with Crippen LogP contribution in [0, 0.1) is 5.95 Å². The molecule has 1 aromatic rings. The molecule has 0 aromatic carbocycles. The second-order valence-electron chi connectivity index (χ2n) is 2.03. The summed E-state index contributed by atoms with van der Waals surface area (Å²) in [6.07, 6.45) is 0.921. The highest BCUT2D eigenvalue weighted by molar-refractivity contribution is 6.41. The zero-order chi connectivity index (χ0) is 9.14. The number of Topliss-reactive ketones (excluding diaryl/α,β-unsaturated/α-hetero) is 1. The maximum Gasteiger partial charge on any atom is 0.310 e. The molecule has 0 atom stereocenters. The summed E-state index contributed by atoms with van der Waals surface area (Å²) in [5.74, 6) is -3.05. The first-order valence-corrected chi connectivity index (χ1v) is 3.03. The highest BCUT2D eigenvalue weighted by Crippen LogP contribution is 1.99. The zero-order valence-corrected chi connectivity index (χ0v) is 5.87. The number of hydrogen-bond acceptors (Lipinski definition) is 3. The Morgan fingerprint density at radius 3 is 2.50 bits per heavy atom. The van der Waals surface area contributed by atoms with Crippen molar-refractivity contribution >= 4 is 11.7 Å². The SMILES string of the molecule is [NH]C(=O)C(=O)c1ccc(F)nc1. The van der Waals surface area contributed by atoms with Crippen molar-refractivity contribution in [1.82, 2.24) is 10.7 Å². The van der Waals surface area contributed by atoms with Crippen molar-refractivity contribution in [3.05, 3.63) is 29.8 Å². The molecule has 0 aliphatic heterocycles. The summed E-state index contributed by atoms with van der Waals surface area (Å²) in [5.41, 5.74) is 6.39. The second-order valence-corrected chi connectivity index (χ2v) is 2.03. The Kier molecular flexibility index (Phi) is 2.14. The molecule has 0 aliphatic carbocycles. The summed E-state index contributed by atoms with van der Waals surface area (Å²) in [7, 11) is 0. The lowest BCUT2D eigenvalue weighted by Gasteiger charge is -1.93. The maximum absolute atomic E-state index is 12.2. The van der Waals surface area contributed by atoms with Crippen molar-refractivity contribution in [3.8, 4) is 0 Å². The maximum atomic E-state index is 12.2. The molecule has 0 fully saturated rings. The van der Waals surface area contributed by atoms with E-state index in [1.807, 2.05) is 0 Å². The third-order valence-electron chi connectivity index (χ3n) is 1.20. The number of amides is 1. The summed E-state index contributed by atoms with van der Waals surface area (Å²) >= 11 is 0. The Morgan fingerprint density at radius 2 is 2.08 bits per heavy atom. The lowest BCUT2D eigenvalue weighted by Crippen LogP contribution is -2.14. The van der Waals surface area contributed by atoms with E-state index >= 15 is 0 Å². The Hall–Kier alpha value is -1.78. The smallest absolute Gasteiger partial charge is 0.283 e. The number of nitrogens with one attached hydrogen (secondary N) is 1. The predicted molar refractivity (Wildman–Crippen MR) is 36.6 cm³/mol. The number of halogens is 1. The van der Waals surface area contributed by atoms with Crippen LogP contribution in [0.1, 0.15) is 10.4 Å². The van der Waals surface area contributed by atoms with Crippen molar-refractivity contribution < 1.29 is 14.0 Å². The van der Waals surface area contributed by atoms with Gasteiger partial charge in [0, 0.05) is 11.8 Å². The number of rotatable bonds is 2. The van der Waals surface area contributed by atoms with Gasteiger partial charge in [0.2, 0.25) is 5.95 Å². The number of carbonyl (C=O) groups is 2. The molecule has 0 saturated carbocycles. The molecule has 12 heavy (non-hydrogen) atoms. The van der Waals surface area contributed by atoms with E-state index in [1.54, 1.807) is 0 Å².